The SMILES string of the molecule is O=C(Nc1nccs1)c1ccc(S(=O)(=O)C(F)F)cc1. The molecule has 0 saturated heterocycles. The van der Waals surface area contributed by atoms with Gasteiger partial charge in [-0.05, 0) is 24.3 Å². The van der Waals surface area contributed by atoms with Crippen molar-refractivity contribution in [1.82, 2.24) is 4.98 Å². The zero-order valence-corrected chi connectivity index (χ0v) is 11.4. The summed E-state index contributed by atoms with van der Waals surface area (Å²) in [7, 11) is -4.64. The molecule has 9 heteroatoms. The van der Waals surface area contributed by atoms with Gasteiger partial charge in [-0.2, -0.15) is 8.78 Å². The number of carbonyl (C=O) groups is 1. The molecule has 0 fully saturated rings. The van der Waals surface area contributed by atoms with Crippen LogP contribution < -0.4 is 5.32 Å². The van der Waals surface area contributed by atoms with Crippen LogP contribution >= 0.6 is 11.3 Å². The van der Waals surface area contributed by atoms with Gasteiger partial charge in [-0.15, -0.1) is 11.3 Å². The molecule has 0 saturated carbocycles. The molecule has 2 rings (SSSR count). The Kier molecular flexibility index (Phi) is 4.09. The Labute approximate surface area is 117 Å². The topological polar surface area (TPSA) is 76.1 Å². The van der Waals surface area contributed by atoms with Crippen molar-refractivity contribution in [3.8, 4) is 0 Å². The monoisotopic (exact) mass is 318 g/mol. The van der Waals surface area contributed by atoms with Crippen LogP contribution in [-0.4, -0.2) is 25.1 Å². The molecule has 1 amide bonds. The summed E-state index contributed by atoms with van der Waals surface area (Å²) in [6, 6.07) is 4.27. The fourth-order valence-corrected chi connectivity index (χ4v) is 2.60. The fraction of sp³-hybridized carbons (Fsp3) is 0.0909. The number of nitrogens with zero attached hydrogens (tertiary/aromatic N) is 1. The zero-order valence-electron chi connectivity index (χ0n) is 9.79. The second-order valence-corrected chi connectivity index (χ2v) is 6.43. The Hall–Kier alpha value is -1.87. The highest BCUT2D eigenvalue weighted by atomic mass is 32.2. The Bertz CT molecular complexity index is 698. The van der Waals surface area contributed by atoms with Crippen molar-refractivity contribution in [3.63, 3.8) is 0 Å². The molecule has 0 radical (unpaired) electrons. The average molecular weight is 318 g/mol. The standard InChI is InChI=1S/C11H8F2N2O3S2/c12-10(13)20(17,18)8-3-1-7(2-4-8)9(16)15-11-14-5-6-19-11/h1-6,10H,(H,14,15,16). The molecular formula is C11H8F2N2O3S2. The Balaban J connectivity index is 2.18. The van der Waals surface area contributed by atoms with Crippen LogP contribution in [0.4, 0.5) is 13.9 Å². The quantitative estimate of drug-likeness (QED) is 0.939. The number of hydrogen-bond donors (Lipinski definition) is 1. The molecule has 20 heavy (non-hydrogen) atoms. The van der Waals surface area contributed by atoms with E-state index in [9.17, 15) is 22.0 Å². The lowest BCUT2D eigenvalue weighted by Gasteiger charge is -2.05. The van der Waals surface area contributed by atoms with Gasteiger partial charge in [-0.3, -0.25) is 10.1 Å². The van der Waals surface area contributed by atoms with E-state index in [0.29, 0.717) is 5.13 Å². The number of nitrogens with one attached hydrogen (secondary N) is 1. The molecule has 1 heterocycles. The number of hydrogen-bond acceptors (Lipinski definition) is 5. The maximum Gasteiger partial charge on any atom is 0.341 e. The van der Waals surface area contributed by atoms with Crippen LogP contribution in [0.15, 0.2) is 40.7 Å². The summed E-state index contributed by atoms with van der Waals surface area (Å²) in [4.78, 5) is 15.1. The van der Waals surface area contributed by atoms with Gasteiger partial charge in [0.15, 0.2) is 5.13 Å². The molecule has 0 atom stereocenters. The van der Waals surface area contributed by atoms with Crippen LogP contribution in [0.25, 0.3) is 0 Å². The third kappa shape index (κ3) is 2.99. The van der Waals surface area contributed by atoms with E-state index in [1.54, 1.807) is 5.38 Å². The van der Waals surface area contributed by atoms with Crippen LogP contribution in [-0.2, 0) is 9.84 Å². The van der Waals surface area contributed by atoms with Crippen molar-refractivity contribution in [3.05, 3.63) is 41.4 Å². The summed E-state index contributed by atoms with van der Waals surface area (Å²) in [5, 5.41) is 4.55. The lowest BCUT2D eigenvalue weighted by molar-refractivity contribution is 0.102. The van der Waals surface area contributed by atoms with Gasteiger partial charge in [0.25, 0.3) is 5.91 Å². The van der Waals surface area contributed by atoms with Crippen LogP contribution in [0.2, 0.25) is 0 Å². The van der Waals surface area contributed by atoms with Crippen molar-refractivity contribution in [2.75, 3.05) is 5.32 Å². The highest BCUT2D eigenvalue weighted by Gasteiger charge is 2.26. The Morgan fingerprint density at radius 1 is 1.25 bits per heavy atom. The number of alkyl halides is 2. The van der Waals surface area contributed by atoms with Gasteiger partial charge >= 0.3 is 5.76 Å². The number of carbonyl (C=O) groups excluding carboxylic acids is 1. The van der Waals surface area contributed by atoms with Gasteiger partial charge in [-0.1, -0.05) is 0 Å². The maximum absolute atomic E-state index is 12.3. The van der Waals surface area contributed by atoms with E-state index in [-0.39, 0.29) is 5.56 Å². The van der Waals surface area contributed by atoms with Gasteiger partial charge in [0, 0.05) is 17.1 Å². The summed E-state index contributed by atoms with van der Waals surface area (Å²) in [6.07, 6.45) is 1.51. The van der Waals surface area contributed by atoms with E-state index in [0.717, 1.165) is 24.3 Å². The predicted octanol–water partition coefficient (Wildman–Crippen LogP) is 2.39. The van der Waals surface area contributed by atoms with Crippen molar-refractivity contribution in [2.45, 2.75) is 10.7 Å². The van der Waals surface area contributed by atoms with Gasteiger partial charge in [0.2, 0.25) is 9.84 Å². The molecular weight excluding hydrogens is 310 g/mol. The Morgan fingerprint density at radius 3 is 2.40 bits per heavy atom. The third-order valence-electron chi connectivity index (χ3n) is 2.33. The number of anilines is 1. The number of benzene rings is 1. The van der Waals surface area contributed by atoms with Crippen LogP contribution in [0, 0.1) is 0 Å². The van der Waals surface area contributed by atoms with Crippen molar-refractivity contribution < 1.29 is 22.0 Å². The minimum absolute atomic E-state index is 0.147. The van der Waals surface area contributed by atoms with E-state index in [2.05, 4.69) is 10.3 Å². The number of rotatable bonds is 4. The van der Waals surface area contributed by atoms with Gasteiger partial charge in [-0.25, -0.2) is 13.4 Å². The first-order chi connectivity index (χ1) is 9.41. The highest BCUT2D eigenvalue weighted by Crippen LogP contribution is 2.19. The molecule has 2 aromatic rings. The maximum atomic E-state index is 12.3. The molecule has 1 N–H and O–H groups in total. The molecule has 0 aliphatic heterocycles. The van der Waals surface area contributed by atoms with Crippen LogP contribution in [0.5, 0.6) is 0 Å². The first-order valence-electron chi connectivity index (χ1n) is 5.24. The largest absolute Gasteiger partial charge is 0.341 e. The summed E-state index contributed by atoms with van der Waals surface area (Å²) in [6.45, 7) is 0. The molecule has 0 bridgehead atoms. The van der Waals surface area contributed by atoms with E-state index >= 15 is 0 Å². The van der Waals surface area contributed by atoms with Crippen LogP contribution in [0.1, 0.15) is 10.4 Å². The summed E-state index contributed by atoms with van der Waals surface area (Å²) in [5.41, 5.74) is 0.147. The smallest absolute Gasteiger partial charge is 0.298 e. The normalized spacial score (nSPS) is 11.6. The molecule has 0 aliphatic carbocycles. The Morgan fingerprint density at radius 2 is 1.90 bits per heavy atom. The highest BCUT2D eigenvalue weighted by molar-refractivity contribution is 7.91. The molecule has 0 aliphatic rings. The lowest BCUT2D eigenvalue weighted by atomic mass is 10.2. The molecule has 1 aromatic carbocycles. The van der Waals surface area contributed by atoms with Crippen molar-refractivity contribution in [2.24, 2.45) is 0 Å². The van der Waals surface area contributed by atoms with Crippen molar-refractivity contribution >= 4 is 32.2 Å². The number of aromatic nitrogens is 1. The van der Waals surface area contributed by atoms with Crippen LogP contribution in [0.3, 0.4) is 0 Å². The molecule has 106 valence electrons. The van der Waals surface area contributed by atoms with Crippen molar-refractivity contribution in [1.29, 1.82) is 0 Å². The predicted molar refractivity (Wildman–Crippen MR) is 69.7 cm³/mol. The van der Waals surface area contributed by atoms with E-state index in [4.69, 9.17) is 0 Å². The van der Waals surface area contributed by atoms with Gasteiger partial charge in [0.1, 0.15) is 0 Å². The summed E-state index contributed by atoms with van der Waals surface area (Å²) < 4.78 is 47.1. The molecule has 0 spiro atoms. The first kappa shape index (κ1) is 14.5. The van der Waals surface area contributed by atoms with E-state index in [1.165, 1.54) is 17.5 Å². The number of amides is 1. The molecule has 0 unspecified atom stereocenters. The summed E-state index contributed by atoms with van der Waals surface area (Å²) in [5.74, 6) is -3.99. The minimum Gasteiger partial charge on any atom is -0.298 e. The van der Waals surface area contributed by atoms with E-state index in [1.807, 2.05) is 0 Å². The minimum atomic E-state index is -4.64. The molecule has 5 nitrogen and oxygen atoms in total. The number of sulfone groups is 1. The average Bonchev–Trinajstić information content (AvgIpc) is 2.91. The zero-order chi connectivity index (χ0) is 14.8. The first-order valence-corrected chi connectivity index (χ1v) is 7.67. The fourth-order valence-electron chi connectivity index (χ4n) is 1.35. The lowest BCUT2D eigenvalue weighted by Crippen LogP contribution is -2.14. The van der Waals surface area contributed by atoms with Gasteiger partial charge in [0.05, 0.1) is 4.90 Å². The number of thiazole rings is 1. The second-order valence-electron chi connectivity index (χ2n) is 3.62. The molecule has 1 aromatic heterocycles. The van der Waals surface area contributed by atoms with E-state index < -0.39 is 26.4 Å². The third-order valence-corrected chi connectivity index (χ3v) is 4.42. The number of halogens is 2. The van der Waals surface area contributed by atoms with Gasteiger partial charge < -0.3 is 0 Å². The summed E-state index contributed by atoms with van der Waals surface area (Å²) >= 11 is 1.22. The second kappa shape index (κ2) is 5.63.